The topological polar surface area (TPSA) is 79.7 Å². The quantitative estimate of drug-likeness (QED) is 0.876. The standard InChI is InChI=1S/C20H22N2O4S/c1-11(2)17-21-12(3)16(27-17)18(23)22-8-14-13-6-4-5-7-15(13)26-10-20(14,9-22)19(24)25/h4-7,11,14H,8-10H2,1-3H3,(H,24,25)/t14-,20-/m1/s1. The Bertz CT molecular complexity index is 922. The van der Waals surface area contributed by atoms with Gasteiger partial charge in [-0.25, -0.2) is 4.98 Å². The number of aromatic nitrogens is 1. The number of amides is 1. The summed E-state index contributed by atoms with van der Waals surface area (Å²) in [5.74, 6) is -0.362. The van der Waals surface area contributed by atoms with Crippen molar-refractivity contribution in [2.24, 2.45) is 5.41 Å². The smallest absolute Gasteiger partial charge is 0.315 e. The highest BCUT2D eigenvalue weighted by molar-refractivity contribution is 7.13. The first kappa shape index (κ1) is 18.0. The molecule has 1 saturated heterocycles. The van der Waals surface area contributed by atoms with Crippen LogP contribution in [0.15, 0.2) is 24.3 Å². The van der Waals surface area contributed by atoms with E-state index in [0.29, 0.717) is 22.9 Å². The Kier molecular flexibility index (Phi) is 4.22. The minimum absolute atomic E-state index is 0.0761. The van der Waals surface area contributed by atoms with E-state index in [0.717, 1.165) is 10.6 Å². The van der Waals surface area contributed by atoms with Gasteiger partial charge in [0.1, 0.15) is 22.6 Å². The van der Waals surface area contributed by atoms with Crippen molar-refractivity contribution >= 4 is 23.2 Å². The summed E-state index contributed by atoms with van der Waals surface area (Å²) >= 11 is 1.41. The number of likely N-dealkylation sites (tertiary alicyclic amines) is 1. The highest BCUT2D eigenvalue weighted by Crippen LogP contribution is 2.50. The molecule has 4 rings (SSSR count). The van der Waals surface area contributed by atoms with Crippen molar-refractivity contribution in [2.45, 2.75) is 32.6 Å². The van der Waals surface area contributed by atoms with Crippen molar-refractivity contribution in [3.05, 3.63) is 45.4 Å². The molecule has 142 valence electrons. The Balaban J connectivity index is 1.70. The summed E-state index contributed by atoms with van der Waals surface area (Å²) in [5.41, 5.74) is 0.471. The second-order valence-electron chi connectivity index (χ2n) is 7.65. The molecule has 2 atom stereocenters. The van der Waals surface area contributed by atoms with Gasteiger partial charge in [0.2, 0.25) is 0 Å². The highest BCUT2D eigenvalue weighted by Gasteiger charge is 2.57. The number of para-hydroxylation sites is 1. The largest absolute Gasteiger partial charge is 0.492 e. The molecule has 0 saturated carbocycles. The van der Waals surface area contributed by atoms with Gasteiger partial charge in [-0.05, 0) is 13.0 Å². The Hall–Kier alpha value is -2.41. The van der Waals surface area contributed by atoms with Crippen LogP contribution in [0.5, 0.6) is 5.75 Å². The number of carboxylic acids is 1. The second kappa shape index (κ2) is 6.34. The molecule has 1 aromatic carbocycles. The maximum Gasteiger partial charge on any atom is 0.315 e. The summed E-state index contributed by atoms with van der Waals surface area (Å²) < 4.78 is 5.77. The van der Waals surface area contributed by atoms with Gasteiger partial charge in [0, 0.05) is 30.5 Å². The third-order valence-corrected chi connectivity index (χ3v) is 6.98. The summed E-state index contributed by atoms with van der Waals surface area (Å²) in [6.07, 6.45) is 0. The van der Waals surface area contributed by atoms with Gasteiger partial charge >= 0.3 is 5.97 Å². The van der Waals surface area contributed by atoms with E-state index >= 15 is 0 Å². The number of nitrogens with zero attached hydrogens (tertiary/aromatic N) is 2. The maximum absolute atomic E-state index is 13.2. The van der Waals surface area contributed by atoms with Crippen molar-refractivity contribution in [3.63, 3.8) is 0 Å². The fraction of sp³-hybridized carbons (Fsp3) is 0.450. The molecule has 3 heterocycles. The first-order valence-corrected chi connectivity index (χ1v) is 9.87. The molecule has 1 aromatic heterocycles. The number of carboxylic acid groups (broad SMARTS) is 1. The minimum atomic E-state index is -1.11. The number of aliphatic carboxylic acids is 1. The van der Waals surface area contributed by atoms with Crippen LogP contribution in [0.2, 0.25) is 0 Å². The van der Waals surface area contributed by atoms with Gasteiger partial charge in [-0.15, -0.1) is 11.3 Å². The number of hydrogen-bond acceptors (Lipinski definition) is 5. The predicted octanol–water partition coefficient (Wildman–Crippen LogP) is 3.28. The van der Waals surface area contributed by atoms with E-state index < -0.39 is 11.4 Å². The van der Waals surface area contributed by atoms with Gasteiger partial charge in [-0.3, -0.25) is 9.59 Å². The summed E-state index contributed by atoms with van der Waals surface area (Å²) in [7, 11) is 0. The number of ether oxygens (including phenoxy) is 1. The van der Waals surface area contributed by atoms with Gasteiger partial charge in [0.05, 0.1) is 10.7 Å². The lowest BCUT2D eigenvalue weighted by atomic mass is 9.73. The Morgan fingerprint density at radius 1 is 1.37 bits per heavy atom. The van der Waals surface area contributed by atoms with E-state index in [1.54, 1.807) is 4.90 Å². The third kappa shape index (κ3) is 2.72. The fourth-order valence-corrected chi connectivity index (χ4v) is 5.04. The Morgan fingerprint density at radius 2 is 2.11 bits per heavy atom. The Morgan fingerprint density at radius 3 is 2.78 bits per heavy atom. The molecule has 7 heteroatoms. The normalized spacial score (nSPS) is 23.7. The lowest BCUT2D eigenvalue weighted by molar-refractivity contribution is -0.151. The number of aryl methyl sites for hydroxylation is 1. The zero-order chi connectivity index (χ0) is 19.3. The van der Waals surface area contributed by atoms with E-state index in [1.807, 2.05) is 45.0 Å². The van der Waals surface area contributed by atoms with Crippen LogP contribution in [0.1, 0.15) is 51.6 Å². The molecule has 6 nitrogen and oxygen atoms in total. The van der Waals surface area contributed by atoms with Crippen LogP contribution in [0, 0.1) is 12.3 Å². The van der Waals surface area contributed by atoms with Gasteiger partial charge in [-0.2, -0.15) is 0 Å². The van der Waals surface area contributed by atoms with E-state index in [-0.39, 0.29) is 30.9 Å². The van der Waals surface area contributed by atoms with E-state index in [1.165, 1.54) is 11.3 Å². The number of fused-ring (bicyclic) bond motifs is 3. The number of carbonyl (C=O) groups is 2. The number of benzene rings is 1. The monoisotopic (exact) mass is 386 g/mol. The third-order valence-electron chi connectivity index (χ3n) is 5.54. The van der Waals surface area contributed by atoms with Crippen LogP contribution in [0.25, 0.3) is 0 Å². The number of rotatable bonds is 3. The van der Waals surface area contributed by atoms with Gasteiger partial charge in [0.15, 0.2) is 0 Å². The molecule has 1 N–H and O–H groups in total. The summed E-state index contributed by atoms with van der Waals surface area (Å²) in [6.45, 7) is 6.53. The summed E-state index contributed by atoms with van der Waals surface area (Å²) in [4.78, 5) is 32.2. The van der Waals surface area contributed by atoms with Crippen molar-refractivity contribution in [2.75, 3.05) is 19.7 Å². The molecule has 0 aliphatic carbocycles. The molecule has 2 aliphatic heterocycles. The summed E-state index contributed by atoms with van der Waals surface area (Å²) in [6, 6.07) is 7.51. The maximum atomic E-state index is 13.2. The predicted molar refractivity (Wildman–Crippen MR) is 102 cm³/mol. The van der Waals surface area contributed by atoms with Gasteiger partial charge < -0.3 is 14.7 Å². The summed E-state index contributed by atoms with van der Waals surface area (Å²) in [5, 5.41) is 10.9. The first-order chi connectivity index (χ1) is 12.8. The number of thiazole rings is 1. The van der Waals surface area contributed by atoms with Crippen molar-refractivity contribution in [3.8, 4) is 5.75 Å². The second-order valence-corrected chi connectivity index (χ2v) is 8.68. The van der Waals surface area contributed by atoms with Gasteiger partial charge in [-0.1, -0.05) is 32.0 Å². The van der Waals surface area contributed by atoms with Gasteiger partial charge in [0.25, 0.3) is 5.91 Å². The Labute approximate surface area is 161 Å². The molecule has 0 unspecified atom stereocenters. The number of carbonyl (C=O) groups excluding carboxylic acids is 1. The molecule has 2 aromatic rings. The zero-order valence-corrected chi connectivity index (χ0v) is 16.4. The van der Waals surface area contributed by atoms with Crippen LogP contribution < -0.4 is 4.74 Å². The molecule has 1 amide bonds. The van der Waals surface area contributed by atoms with Crippen LogP contribution in [0.3, 0.4) is 0 Å². The van der Waals surface area contributed by atoms with E-state index in [4.69, 9.17) is 4.74 Å². The zero-order valence-electron chi connectivity index (χ0n) is 15.6. The molecule has 0 radical (unpaired) electrons. The molecule has 2 aliphatic rings. The van der Waals surface area contributed by atoms with Crippen LogP contribution in [-0.2, 0) is 4.79 Å². The molecule has 0 bridgehead atoms. The van der Waals surface area contributed by atoms with E-state index in [2.05, 4.69) is 4.98 Å². The average Bonchev–Trinajstić information content (AvgIpc) is 3.23. The SMILES string of the molecule is Cc1nc(C(C)C)sc1C(=O)N1C[C@@H]2c3ccccc3OC[C@]2(C(=O)O)C1. The number of hydrogen-bond donors (Lipinski definition) is 1. The molecule has 0 spiro atoms. The highest BCUT2D eigenvalue weighted by atomic mass is 32.1. The van der Waals surface area contributed by atoms with Crippen LogP contribution in [0.4, 0.5) is 0 Å². The van der Waals surface area contributed by atoms with Crippen molar-refractivity contribution in [1.82, 2.24) is 9.88 Å². The van der Waals surface area contributed by atoms with Crippen molar-refractivity contribution < 1.29 is 19.4 Å². The minimum Gasteiger partial charge on any atom is -0.492 e. The lowest BCUT2D eigenvalue weighted by Crippen LogP contribution is -2.46. The lowest BCUT2D eigenvalue weighted by Gasteiger charge is -2.35. The molecule has 27 heavy (non-hydrogen) atoms. The molecular weight excluding hydrogens is 364 g/mol. The van der Waals surface area contributed by atoms with Crippen LogP contribution in [-0.4, -0.2) is 46.6 Å². The fourth-order valence-electron chi connectivity index (χ4n) is 4.00. The molecular formula is C20H22N2O4S. The van der Waals surface area contributed by atoms with Crippen LogP contribution >= 0.6 is 11.3 Å². The average molecular weight is 386 g/mol. The van der Waals surface area contributed by atoms with E-state index in [9.17, 15) is 14.7 Å². The first-order valence-electron chi connectivity index (χ1n) is 9.05. The van der Waals surface area contributed by atoms with Crippen molar-refractivity contribution in [1.29, 1.82) is 0 Å². The molecule has 1 fully saturated rings.